The van der Waals surface area contributed by atoms with Crippen LogP contribution in [0, 0.1) is 5.41 Å². The van der Waals surface area contributed by atoms with Gasteiger partial charge in [0.15, 0.2) is 0 Å². The predicted octanol–water partition coefficient (Wildman–Crippen LogP) is 0.939. The number of rotatable bonds is 5. The van der Waals surface area contributed by atoms with E-state index in [0.29, 0.717) is 26.3 Å². The Bertz CT molecular complexity index is 184. The van der Waals surface area contributed by atoms with Gasteiger partial charge in [-0.2, -0.15) is 0 Å². The molecule has 0 amide bonds. The van der Waals surface area contributed by atoms with E-state index in [4.69, 9.17) is 10.5 Å². The quantitative estimate of drug-likeness (QED) is 0.752. The van der Waals surface area contributed by atoms with Crippen LogP contribution in [0.15, 0.2) is 0 Å². The number of nitrogens with two attached hydrogens (primary N) is 1. The van der Waals surface area contributed by atoms with Gasteiger partial charge in [-0.25, -0.2) is 8.78 Å². The molecule has 1 saturated heterocycles. The molecule has 1 rings (SSSR count). The van der Waals surface area contributed by atoms with Gasteiger partial charge >= 0.3 is 0 Å². The Balaban J connectivity index is 2.43. The van der Waals surface area contributed by atoms with E-state index in [1.54, 1.807) is 11.9 Å². The van der Waals surface area contributed by atoms with E-state index in [1.165, 1.54) is 0 Å². The largest absolute Gasteiger partial charge is 0.381 e. The number of ether oxygens (including phenoxy) is 1. The Labute approximate surface area is 89.6 Å². The van der Waals surface area contributed by atoms with Crippen molar-refractivity contribution in [1.82, 2.24) is 4.90 Å². The SMILES string of the molecule is CN(CC(F)F)CC1(CN)CCOCC1. The maximum absolute atomic E-state index is 12.2. The molecule has 0 aromatic rings. The highest BCUT2D eigenvalue weighted by molar-refractivity contribution is 4.85. The topological polar surface area (TPSA) is 38.5 Å². The maximum atomic E-state index is 12.2. The summed E-state index contributed by atoms with van der Waals surface area (Å²) in [6, 6.07) is 0. The molecule has 0 aromatic carbocycles. The number of nitrogens with zero attached hydrogens (tertiary/aromatic N) is 1. The molecule has 1 fully saturated rings. The normalized spacial score (nSPS) is 21.2. The number of hydrogen-bond acceptors (Lipinski definition) is 3. The van der Waals surface area contributed by atoms with Gasteiger partial charge in [0.05, 0.1) is 6.54 Å². The summed E-state index contributed by atoms with van der Waals surface area (Å²) in [5.74, 6) is 0. The van der Waals surface area contributed by atoms with Crippen molar-refractivity contribution in [3.05, 3.63) is 0 Å². The molecule has 0 aliphatic carbocycles. The van der Waals surface area contributed by atoms with Crippen molar-refractivity contribution in [2.45, 2.75) is 19.3 Å². The van der Waals surface area contributed by atoms with Gasteiger partial charge in [-0.3, -0.25) is 0 Å². The first-order valence-corrected chi connectivity index (χ1v) is 5.32. The molecule has 90 valence electrons. The molecule has 3 nitrogen and oxygen atoms in total. The summed E-state index contributed by atoms with van der Waals surface area (Å²) in [5, 5.41) is 0. The summed E-state index contributed by atoms with van der Waals surface area (Å²) < 4.78 is 29.6. The van der Waals surface area contributed by atoms with Crippen molar-refractivity contribution < 1.29 is 13.5 Å². The van der Waals surface area contributed by atoms with Crippen LogP contribution in [0.3, 0.4) is 0 Å². The van der Waals surface area contributed by atoms with E-state index in [1.807, 2.05) is 0 Å². The predicted molar refractivity (Wildman–Crippen MR) is 55.0 cm³/mol. The van der Waals surface area contributed by atoms with Crippen molar-refractivity contribution in [1.29, 1.82) is 0 Å². The third-order valence-corrected chi connectivity index (χ3v) is 3.04. The minimum Gasteiger partial charge on any atom is -0.381 e. The second-order valence-electron chi connectivity index (χ2n) is 4.40. The third kappa shape index (κ3) is 4.01. The van der Waals surface area contributed by atoms with Crippen molar-refractivity contribution in [2.75, 3.05) is 39.9 Å². The van der Waals surface area contributed by atoms with Gasteiger partial charge in [0.2, 0.25) is 0 Å². The molecule has 0 radical (unpaired) electrons. The van der Waals surface area contributed by atoms with Gasteiger partial charge in [0.1, 0.15) is 0 Å². The standard InChI is InChI=1S/C10H20F2N2O/c1-14(6-9(11)12)8-10(7-13)2-4-15-5-3-10/h9H,2-8,13H2,1H3. The van der Waals surface area contributed by atoms with Crippen LogP contribution in [0.5, 0.6) is 0 Å². The first-order chi connectivity index (χ1) is 7.08. The van der Waals surface area contributed by atoms with Gasteiger partial charge in [0, 0.05) is 19.8 Å². The van der Waals surface area contributed by atoms with Crippen LogP contribution >= 0.6 is 0 Å². The second-order valence-corrected chi connectivity index (χ2v) is 4.40. The Kier molecular flexibility index (Phi) is 4.89. The van der Waals surface area contributed by atoms with Crippen LogP contribution in [0.25, 0.3) is 0 Å². The van der Waals surface area contributed by atoms with Gasteiger partial charge in [-0.1, -0.05) is 0 Å². The van der Waals surface area contributed by atoms with Crippen molar-refractivity contribution in [3.8, 4) is 0 Å². The van der Waals surface area contributed by atoms with Crippen LogP contribution in [0.4, 0.5) is 8.78 Å². The lowest BCUT2D eigenvalue weighted by Gasteiger charge is -2.39. The zero-order valence-electron chi connectivity index (χ0n) is 9.22. The maximum Gasteiger partial charge on any atom is 0.251 e. The first kappa shape index (κ1) is 12.8. The lowest BCUT2D eigenvalue weighted by Crippen LogP contribution is -2.45. The van der Waals surface area contributed by atoms with Crippen LogP contribution < -0.4 is 5.73 Å². The van der Waals surface area contributed by atoms with Crippen molar-refractivity contribution in [3.63, 3.8) is 0 Å². The summed E-state index contributed by atoms with van der Waals surface area (Å²) in [4.78, 5) is 1.67. The smallest absolute Gasteiger partial charge is 0.251 e. The van der Waals surface area contributed by atoms with E-state index in [0.717, 1.165) is 12.8 Å². The summed E-state index contributed by atoms with van der Waals surface area (Å²) in [5.41, 5.74) is 5.72. The molecule has 0 atom stereocenters. The molecular formula is C10H20F2N2O. The van der Waals surface area contributed by atoms with Crippen LogP contribution in [0.2, 0.25) is 0 Å². The van der Waals surface area contributed by atoms with E-state index in [9.17, 15) is 8.78 Å². The summed E-state index contributed by atoms with van der Waals surface area (Å²) in [7, 11) is 1.72. The number of halogens is 2. The molecule has 0 spiro atoms. The Morgan fingerprint density at radius 2 is 2.00 bits per heavy atom. The van der Waals surface area contributed by atoms with E-state index in [-0.39, 0.29) is 12.0 Å². The highest BCUT2D eigenvalue weighted by Gasteiger charge is 2.32. The van der Waals surface area contributed by atoms with Crippen LogP contribution in [0.1, 0.15) is 12.8 Å². The molecule has 15 heavy (non-hydrogen) atoms. The average molecular weight is 222 g/mol. The fraction of sp³-hybridized carbons (Fsp3) is 1.00. The fourth-order valence-electron chi connectivity index (χ4n) is 2.10. The zero-order valence-corrected chi connectivity index (χ0v) is 9.22. The third-order valence-electron chi connectivity index (χ3n) is 3.04. The molecule has 0 aromatic heterocycles. The Hall–Kier alpha value is -0.260. The lowest BCUT2D eigenvalue weighted by atomic mass is 9.80. The van der Waals surface area contributed by atoms with E-state index < -0.39 is 6.43 Å². The highest BCUT2D eigenvalue weighted by atomic mass is 19.3. The second kappa shape index (κ2) is 5.72. The van der Waals surface area contributed by atoms with Gasteiger partial charge in [-0.15, -0.1) is 0 Å². The highest BCUT2D eigenvalue weighted by Crippen LogP contribution is 2.30. The zero-order chi connectivity index (χ0) is 11.3. The molecule has 1 aliphatic heterocycles. The summed E-state index contributed by atoms with van der Waals surface area (Å²) in [6.45, 7) is 2.39. The molecule has 5 heteroatoms. The molecular weight excluding hydrogens is 202 g/mol. The number of alkyl halides is 2. The van der Waals surface area contributed by atoms with Crippen molar-refractivity contribution >= 4 is 0 Å². The minimum atomic E-state index is -2.27. The Morgan fingerprint density at radius 1 is 1.40 bits per heavy atom. The first-order valence-electron chi connectivity index (χ1n) is 5.32. The van der Waals surface area contributed by atoms with Crippen molar-refractivity contribution in [2.24, 2.45) is 11.1 Å². The van der Waals surface area contributed by atoms with E-state index >= 15 is 0 Å². The summed E-state index contributed by atoms with van der Waals surface area (Å²) >= 11 is 0. The molecule has 0 saturated carbocycles. The minimum absolute atomic E-state index is 0.0259. The fourth-order valence-corrected chi connectivity index (χ4v) is 2.10. The van der Waals surface area contributed by atoms with Crippen LogP contribution in [-0.2, 0) is 4.74 Å². The average Bonchev–Trinajstić information content (AvgIpc) is 2.17. The van der Waals surface area contributed by atoms with Gasteiger partial charge in [-0.05, 0) is 31.8 Å². The van der Waals surface area contributed by atoms with Gasteiger partial charge in [0.25, 0.3) is 6.43 Å². The summed E-state index contributed by atoms with van der Waals surface area (Å²) in [6.07, 6.45) is -0.529. The molecule has 1 aliphatic rings. The number of hydrogen-bond donors (Lipinski definition) is 1. The molecule has 1 heterocycles. The van der Waals surface area contributed by atoms with E-state index in [2.05, 4.69) is 0 Å². The molecule has 2 N–H and O–H groups in total. The lowest BCUT2D eigenvalue weighted by molar-refractivity contribution is -0.00493. The van der Waals surface area contributed by atoms with Gasteiger partial charge < -0.3 is 15.4 Å². The molecule has 0 bridgehead atoms. The van der Waals surface area contributed by atoms with Crippen LogP contribution in [-0.4, -0.2) is 51.2 Å². The Morgan fingerprint density at radius 3 is 2.47 bits per heavy atom. The monoisotopic (exact) mass is 222 g/mol. The molecule has 0 unspecified atom stereocenters.